The first kappa shape index (κ1) is 18.0. The summed E-state index contributed by atoms with van der Waals surface area (Å²) in [5.41, 5.74) is 1.42. The van der Waals surface area contributed by atoms with Gasteiger partial charge < -0.3 is 9.47 Å². The van der Waals surface area contributed by atoms with Crippen molar-refractivity contribution >= 4 is 38.4 Å². The first-order valence-corrected chi connectivity index (χ1v) is 10.2. The molecule has 142 valence electrons. The molecule has 0 unspecified atom stereocenters. The standard InChI is InChI=1S/C20H24N4O2S/c1-4-7-23-16-10-14(3)27-19(16)15-11-21-24(20(26)18(15)23)12-17(25)22-8-5-13(2)6-9-22/h4,10-11,13H,1,5-9,12H2,2-3H3. The number of allylic oxidation sites excluding steroid dienone is 1. The van der Waals surface area contributed by atoms with Gasteiger partial charge in [-0.25, -0.2) is 4.68 Å². The van der Waals surface area contributed by atoms with Gasteiger partial charge in [-0.1, -0.05) is 13.0 Å². The Kier molecular flexibility index (Phi) is 4.63. The van der Waals surface area contributed by atoms with E-state index >= 15 is 0 Å². The number of fused-ring (bicyclic) bond motifs is 3. The fraction of sp³-hybridized carbons (Fsp3) is 0.450. The minimum Gasteiger partial charge on any atom is -0.341 e. The van der Waals surface area contributed by atoms with Crippen LogP contribution in [0, 0.1) is 12.8 Å². The van der Waals surface area contributed by atoms with E-state index in [1.54, 1.807) is 23.6 Å². The Hall–Kier alpha value is -2.41. The zero-order chi connectivity index (χ0) is 19.1. The number of likely N-dealkylation sites (tertiary alicyclic amines) is 1. The van der Waals surface area contributed by atoms with Crippen molar-refractivity contribution < 1.29 is 4.79 Å². The smallest absolute Gasteiger partial charge is 0.291 e. The van der Waals surface area contributed by atoms with Crippen LogP contribution in [0.1, 0.15) is 24.6 Å². The number of amides is 1. The molecule has 6 nitrogen and oxygen atoms in total. The largest absolute Gasteiger partial charge is 0.341 e. The van der Waals surface area contributed by atoms with Crippen LogP contribution in [0.25, 0.3) is 21.1 Å². The van der Waals surface area contributed by atoms with Crippen LogP contribution in [0.4, 0.5) is 0 Å². The van der Waals surface area contributed by atoms with Crippen molar-refractivity contribution in [1.29, 1.82) is 0 Å². The predicted molar refractivity (Wildman–Crippen MR) is 109 cm³/mol. The van der Waals surface area contributed by atoms with E-state index in [9.17, 15) is 9.59 Å². The number of hydrogen-bond donors (Lipinski definition) is 0. The Labute approximate surface area is 161 Å². The molecule has 0 bridgehead atoms. The Bertz CT molecular complexity index is 1080. The summed E-state index contributed by atoms with van der Waals surface area (Å²) in [7, 11) is 0. The van der Waals surface area contributed by atoms with Crippen LogP contribution < -0.4 is 5.56 Å². The Balaban J connectivity index is 1.73. The highest BCUT2D eigenvalue weighted by Crippen LogP contribution is 2.33. The monoisotopic (exact) mass is 384 g/mol. The van der Waals surface area contributed by atoms with E-state index in [1.165, 1.54) is 9.56 Å². The molecule has 3 aromatic heterocycles. The molecular formula is C20H24N4O2S. The molecular weight excluding hydrogens is 360 g/mol. The van der Waals surface area contributed by atoms with Crippen LogP contribution in [0.5, 0.6) is 0 Å². The van der Waals surface area contributed by atoms with E-state index < -0.39 is 0 Å². The quantitative estimate of drug-likeness (QED) is 0.649. The van der Waals surface area contributed by atoms with Gasteiger partial charge >= 0.3 is 0 Å². The van der Waals surface area contributed by atoms with Gasteiger partial charge in [0, 0.05) is 29.9 Å². The maximum absolute atomic E-state index is 13.1. The normalized spacial score (nSPS) is 15.7. The van der Waals surface area contributed by atoms with Gasteiger partial charge in [-0.3, -0.25) is 9.59 Å². The van der Waals surface area contributed by atoms with E-state index in [2.05, 4.69) is 31.6 Å². The van der Waals surface area contributed by atoms with Crippen LogP contribution in [0.15, 0.2) is 29.7 Å². The van der Waals surface area contributed by atoms with E-state index in [4.69, 9.17) is 0 Å². The lowest BCUT2D eigenvalue weighted by molar-refractivity contribution is -0.133. The zero-order valence-electron chi connectivity index (χ0n) is 15.8. The fourth-order valence-electron chi connectivity index (χ4n) is 3.84. The number of nitrogens with zero attached hydrogens (tertiary/aromatic N) is 4. The molecule has 0 N–H and O–H groups in total. The van der Waals surface area contributed by atoms with Crippen molar-refractivity contribution in [3.63, 3.8) is 0 Å². The molecule has 0 aliphatic carbocycles. The summed E-state index contributed by atoms with van der Waals surface area (Å²) in [4.78, 5) is 28.8. The van der Waals surface area contributed by atoms with Crippen molar-refractivity contribution in [2.45, 2.75) is 39.8 Å². The van der Waals surface area contributed by atoms with Gasteiger partial charge in [0.2, 0.25) is 5.91 Å². The van der Waals surface area contributed by atoms with Crippen LogP contribution >= 0.6 is 11.3 Å². The van der Waals surface area contributed by atoms with E-state index in [1.807, 2.05) is 9.47 Å². The molecule has 1 aliphatic rings. The van der Waals surface area contributed by atoms with Crippen molar-refractivity contribution in [2.24, 2.45) is 5.92 Å². The molecule has 1 saturated heterocycles. The van der Waals surface area contributed by atoms with Gasteiger partial charge in [0.25, 0.3) is 5.56 Å². The molecule has 0 radical (unpaired) electrons. The first-order chi connectivity index (χ1) is 13.0. The van der Waals surface area contributed by atoms with Crippen molar-refractivity contribution in [2.75, 3.05) is 13.1 Å². The number of carbonyl (C=O) groups excluding carboxylic acids is 1. The molecule has 3 aromatic rings. The second kappa shape index (κ2) is 6.96. The number of piperidine rings is 1. The molecule has 0 spiro atoms. The van der Waals surface area contributed by atoms with Gasteiger partial charge in [-0.15, -0.1) is 17.9 Å². The topological polar surface area (TPSA) is 60.1 Å². The van der Waals surface area contributed by atoms with E-state index in [0.29, 0.717) is 18.0 Å². The highest BCUT2D eigenvalue weighted by Gasteiger charge is 2.22. The molecule has 1 fully saturated rings. The minimum absolute atomic E-state index is 0.00486. The van der Waals surface area contributed by atoms with Crippen molar-refractivity contribution in [3.8, 4) is 0 Å². The SMILES string of the molecule is C=CCn1c2cc(C)sc2c2cnn(CC(=O)N3CCC(C)CC3)c(=O)c21. The molecule has 27 heavy (non-hydrogen) atoms. The van der Waals surface area contributed by atoms with Gasteiger partial charge in [0.1, 0.15) is 12.1 Å². The van der Waals surface area contributed by atoms with Gasteiger partial charge in [0.15, 0.2) is 0 Å². The number of aryl methyl sites for hydroxylation is 1. The molecule has 0 saturated carbocycles. The second-order valence-electron chi connectivity index (χ2n) is 7.40. The van der Waals surface area contributed by atoms with Crippen LogP contribution in [0.2, 0.25) is 0 Å². The third-order valence-electron chi connectivity index (χ3n) is 5.39. The number of thiophene rings is 1. The highest BCUT2D eigenvalue weighted by molar-refractivity contribution is 7.20. The molecule has 7 heteroatoms. The molecule has 4 heterocycles. The van der Waals surface area contributed by atoms with Crippen molar-refractivity contribution in [3.05, 3.63) is 40.1 Å². The summed E-state index contributed by atoms with van der Waals surface area (Å²) >= 11 is 1.66. The van der Waals surface area contributed by atoms with Gasteiger partial charge in [0.05, 0.1) is 16.4 Å². The Morgan fingerprint density at radius 3 is 2.85 bits per heavy atom. The molecule has 4 rings (SSSR count). The number of carbonyl (C=O) groups is 1. The summed E-state index contributed by atoms with van der Waals surface area (Å²) in [6.07, 6.45) is 5.55. The van der Waals surface area contributed by atoms with E-state index in [-0.39, 0.29) is 18.0 Å². The number of rotatable bonds is 4. The lowest BCUT2D eigenvalue weighted by atomic mass is 9.99. The Morgan fingerprint density at radius 2 is 2.15 bits per heavy atom. The van der Waals surface area contributed by atoms with Gasteiger partial charge in [-0.05, 0) is 31.7 Å². The summed E-state index contributed by atoms with van der Waals surface area (Å²) in [5, 5.41) is 5.17. The molecule has 1 amide bonds. The van der Waals surface area contributed by atoms with Gasteiger partial charge in [-0.2, -0.15) is 5.10 Å². The van der Waals surface area contributed by atoms with Crippen LogP contribution in [0.3, 0.4) is 0 Å². The third kappa shape index (κ3) is 3.10. The van der Waals surface area contributed by atoms with E-state index in [0.717, 1.165) is 41.5 Å². The summed E-state index contributed by atoms with van der Waals surface area (Å²) in [6.45, 7) is 10.2. The summed E-state index contributed by atoms with van der Waals surface area (Å²) in [5.74, 6) is 0.625. The maximum Gasteiger partial charge on any atom is 0.291 e. The lowest BCUT2D eigenvalue weighted by Crippen LogP contribution is -2.41. The number of aromatic nitrogens is 3. The molecule has 0 atom stereocenters. The maximum atomic E-state index is 13.1. The third-order valence-corrected chi connectivity index (χ3v) is 6.47. The zero-order valence-corrected chi connectivity index (χ0v) is 16.6. The summed E-state index contributed by atoms with van der Waals surface area (Å²) in [6, 6.07) is 2.09. The van der Waals surface area contributed by atoms with Crippen LogP contribution in [-0.2, 0) is 17.9 Å². The number of hydrogen-bond acceptors (Lipinski definition) is 4. The second-order valence-corrected chi connectivity index (χ2v) is 8.66. The van der Waals surface area contributed by atoms with Crippen LogP contribution in [-0.4, -0.2) is 38.2 Å². The predicted octanol–water partition coefficient (Wildman–Crippen LogP) is 3.17. The lowest BCUT2D eigenvalue weighted by Gasteiger charge is -2.30. The highest BCUT2D eigenvalue weighted by atomic mass is 32.1. The average Bonchev–Trinajstić information content (AvgIpc) is 3.15. The fourth-order valence-corrected chi connectivity index (χ4v) is 4.86. The summed E-state index contributed by atoms with van der Waals surface area (Å²) < 4.78 is 4.35. The van der Waals surface area contributed by atoms with Crippen molar-refractivity contribution in [1.82, 2.24) is 19.2 Å². The Morgan fingerprint density at radius 1 is 1.41 bits per heavy atom. The molecule has 1 aliphatic heterocycles. The molecule has 0 aromatic carbocycles. The first-order valence-electron chi connectivity index (χ1n) is 9.36. The average molecular weight is 385 g/mol. The minimum atomic E-state index is -0.214.